The van der Waals surface area contributed by atoms with E-state index < -0.39 is 11.3 Å². The molecule has 2 fully saturated rings. The third kappa shape index (κ3) is 6.94. The van der Waals surface area contributed by atoms with Crippen LogP contribution < -0.4 is 15.6 Å². The van der Waals surface area contributed by atoms with Crippen LogP contribution in [-0.4, -0.2) is 71.3 Å². The summed E-state index contributed by atoms with van der Waals surface area (Å²) in [6, 6.07) is 9.66. The lowest BCUT2D eigenvalue weighted by Gasteiger charge is -2.39. The Hall–Kier alpha value is -3.38. The molecular weight excluding hydrogens is 682 g/mol. The predicted molar refractivity (Wildman–Crippen MR) is 193 cm³/mol. The Morgan fingerprint density at radius 3 is 2.78 bits per heavy atom. The van der Waals surface area contributed by atoms with Crippen LogP contribution in [-0.2, 0) is 24.1 Å². The highest BCUT2D eigenvalue weighted by atomic mass is 35.5. The zero-order chi connectivity index (χ0) is 35.4. The number of piperidine rings is 1. The number of nitrogens with zero attached hydrogens (tertiary/aromatic N) is 3. The molecule has 2 atom stereocenters. The van der Waals surface area contributed by atoms with Gasteiger partial charge in [-0.1, -0.05) is 11.6 Å². The number of thiophene rings is 1. The van der Waals surface area contributed by atoms with E-state index in [1.165, 1.54) is 11.3 Å². The molecule has 4 aromatic rings. The Morgan fingerprint density at radius 1 is 1.18 bits per heavy atom. The van der Waals surface area contributed by atoms with Crippen molar-refractivity contribution in [2.75, 3.05) is 32.8 Å². The van der Waals surface area contributed by atoms with E-state index in [2.05, 4.69) is 16.3 Å². The first-order chi connectivity index (χ1) is 23.8. The number of carbonyl (C=O) groups excluding carboxylic acids is 1. The van der Waals surface area contributed by atoms with E-state index in [0.29, 0.717) is 54.6 Å². The highest BCUT2D eigenvalue weighted by molar-refractivity contribution is 7.18. The topological polar surface area (TPSA) is 85.7 Å². The number of alkyl halides is 2. The van der Waals surface area contributed by atoms with Gasteiger partial charge >= 0.3 is 5.97 Å². The lowest BCUT2D eigenvalue weighted by atomic mass is 9.78. The van der Waals surface area contributed by atoms with Gasteiger partial charge in [-0.3, -0.25) is 14.3 Å². The van der Waals surface area contributed by atoms with Crippen molar-refractivity contribution in [1.82, 2.24) is 19.8 Å². The molecule has 12 heteroatoms. The van der Waals surface area contributed by atoms with Crippen molar-refractivity contribution >= 4 is 39.0 Å². The summed E-state index contributed by atoms with van der Waals surface area (Å²) in [7, 11) is 0. The molecule has 4 heterocycles. The van der Waals surface area contributed by atoms with Crippen molar-refractivity contribution < 1.29 is 23.0 Å². The van der Waals surface area contributed by atoms with Crippen molar-refractivity contribution in [3.63, 3.8) is 0 Å². The number of hydrogen-bond acceptors (Lipinski definition) is 8. The van der Waals surface area contributed by atoms with Crippen LogP contribution in [0.4, 0.5) is 8.78 Å². The number of likely N-dealkylation sites (tertiary alicyclic amines) is 1. The second-order valence-corrected chi connectivity index (χ2v) is 15.9. The maximum Gasteiger partial charge on any atom is 0.339 e. The number of carbonyl (C=O) groups is 1. The zero-order valence-electron chi connectivity index (χ0n) is 28.9. The smallest absolute Gasteiger partial charge is 0.339 e. The van der Waals surface area contributed by atoms with Crippen LogP contribution in [0, 0.1) is 19.3 Å². The molecule has 1 spiro atoms. The Morgan fingerprint density at radius 2 is 2.00 bits per heavy atom. The first-order valence-electron chi connectivity index (χ1n) is 17.4. The third-order valence-corrected chi connectivity index (χ3v) is 11.6. The van der Waals surface area contributed by atoms with Crippen molar-refractivity contribution in [2.45, 2.75) is 84.4 Å². The minimum Gasteiger partial charge on any atom is -0.491 e. The Labute approximate surface area is 299 Å². The number of hydrogen-bond donors (Lipinski definition) is 1. The van der Waals surface area contributed by atoms with Gasteiger partial charge in [0, 0.05) is 68.1 Å². The molecule has 50 heavy (non-hydrogen) atoms. The van der Waals surface area contributed by atoms with Gasteiger partial charge in [0.15, 0.2) is 0 Å². The molecule has 2 aromatic heterocycles. The summed E-state index contributed by atoms with van der Waals surface area (Å²) in [6.07, 6.45) is 2.57. The molecule has 1 aliphatic carbocycles. The quantitative estimate of drug-likeness (QED) is 0.192. The molecule has 0 radical (unpaired) electrons. The van der Waals surface area contributed by atoms with Gasteiger partial charge in [0.2, 0.25) is 0 Å². The van der Waals surface area contributed by atoms with Crippen LogP contribution in [0.5, 0.6) is 5.75 Å². The lowest BCUT2D eigenvalue weighted by molar-refractivity contribution is -0.0668. The molecule has 3 aliphatic rings. The molecule has 2 saturated heterocycles. The fourth-order valence-electron chi connectivity index (χ4n) is 8.14. The van der Waals surface area contributed by atoms with E-state index in [4.69, 9.17) is 26.1 Å². The fraction of sp³-hybridized carbons (Fsp3) is 0.500. The van der Waals surface area contributed by atoms with Gasteiger partial charge in [-0.2, -0.15) is 0 Å². The van der Waals surface area contributed by atoms with Crippen LogP contribution in [0.2, 0.25) is 5.02 Å². The van der Waals surface area contributed by atoms with Crippen LogP contribution >= 0.6 is 22.9 Å². The molecule has 1 N–H and O–H groups in total. The summed E-state index contributed by atoms with van der Waals surface area (Å²) in [4.78, 5) is 34.0. The molecular formula is C38H43ClF2N4O4S. The van der Waals surface area contributed by atoms with Crippen molar-refractivity contribution in [2.24, 2.45) is 5.41 Å². The van der Waals surface area contributed by atoms with Crippen molar-refractivity contribution in [1.29, 1.82) is 0 Å². The molecule has 0 saturated carbocycles. The summed E-state index contributed by atoms with van der Waals surface area (Å²) in [5, 5.41) is 6.17. The Bertz CT molecular complexity index is 2010. The van der Waals surface area contributed by atoms with Gasteiger partial charge in [-0.25, -0.2) is 18.6 Å². The van der Waals surface area contributed by atoms with E-state index in [1.807, 2.05) is 51.3 Å². The minimum atomic E-state index is -2.68. The molecule has 0 amide bonds. The number of halogens is 3. The summed E-state index contributed by atoms with van der Waals surface area (Å²) < 4.78 is 43.1. The van der Waals surface area contributed by atoms with Gasteiger partial charge in [0.25, 0.3) is 11.5 Å². The van der Waals surface area contributed by atoms with E-state index in [9.17, 15) is 18.4 Å². The molecule has 7 rings (SSSR count). The summed E-state index contributed by atoms with van der Waals surface area (Å²) in [5.41, 5.74) is 4.29. The van der Waals surface area contributed by atoms with Crippen LogP contribution in [0.15, 0.2) is 40.5 Å². The molecule has 2 unspecified atom stereocenters. The van der Waals surface area contributed by atoms with E-state index in [1.54, 1.807) is 10.6 Å². The second-order valence-electron chi connectivity index (χ2n) is 14.6. The van der Waals surface area contributed by atoms with Crippen LogP contribution in [0.25, 0.3) is 21.2 Å². The minimum absolute atomic E-state index is 0.0586. The molecule has 2 aliphatic heterocycles. The first kappa shape index (κ1) is 35.0. The summed E-state index contributed by atoms with van der Waals surface area (Å²) in [6.45, 7) is 9.78. The highest BCUT2D eigenvalue weighted by Gasteiger charge is 2.50. The van der Waals surface area contributed by atoms with E-state index >= 15 is 0 Å². The average molecular weight is 725 g/mol. The molecule has 0 bridgehead atoms. The number of aryl methyl sites for hydroxylation is 3. The average Bonchev–Trinajstić information content (AvgIpc) is 3.66. The van der Waals surface area contributed by atoms with Gasteiger partial charge < -0.3 is 14.8 Å². The molecule has 8 nitrogen and oxygen atoms in total. The highest BCUT2D eigenvalue weighted by Crippen LogP contribution is 2.44. The number of benzene rings is 2. The largest absolute Gasteiger partial charge is 0.491 e. The number of esters is 1. The van der Waals surface area contributed by atoms with Gasteiger partial charge in [0.1, 0.15) is 18.2 Å². The monoisotopic (exact) mass is 724 g/mol. The SMILES string of the molecule is Cc1cc(-c2cc(Cl)ccc2OCCn2c(C)nc3c(c2=O)CC(N2CCC4(CNCC(F)(F)C4)C2)CC3)c2scc(C(=O)OC(C)C)c2c1. The normalized spacial score (nSPS) is 22.0. The predicted octanol–water partition coefficient (Wildman–Crippen LogP) is 7.22. The Kier molecular flexibility index (Phi) is 9.56. The standard InChI is InChI=1S/C38H43ClF2N4O4S/c1-22(2)49-36(47)31-17-50-34-28(13-23(3)14-29(31)34)27-15-25(39)5-8-33(27)48-12-11-45-24(4)43-32-7-6-26(16-30(32)35(45)46)44-10-9-37(21-44)18-38(40,41)20-42-19-37/h5,8,13-15,17,22,26,42H,6-7,9-12,16,18-21H2,1-4H3. The fourth-order valence-corrected chi connectivity index (χ4v) is 9.36. The zero-order valence-corrected chi connectivity index (χ0v) is 30.5. The van der Waals surface area contributed by atoms with Crippen molar-refractivity contribution in [3.05, 3.63) is 79.3 Å². The maximum atomic E-state index is 14.3. The van der Waals surface area contributed by atoms with E-state index in [0.717, 1.165) is 57.4 Å². The maximum absolute atomic E-state index is 14.3. The number of aromatic nitrogens is 2. The van der Waals surface area contributed by atoms with E-state index in [-0.39, 0.29) is 43.2 Å². The third-order valence-electron chi connectivity index (χ3n) is 10.4. The number of rotatable bonds is 8. The number of ether oxygens (including phenoxy) is 2. The number of fused-ring (bicyclic) bond motifs is 2. The first-order valence-corrected chi connectivity index (χ1v) is 18.6. The van der Waals surface area contributed by atoms with Crippen LogP contribution in [0.3, 0.4) is 0 Å². The molecule has 266 valence electrons. The second kappa shape index (κ2) is 13.6. The number of nitrogens with one attached hydrogen (secondary N) is 1. The lowest BCUT2D eigenvalue weighted by Crippen LogP contribution is -2.52. The Balaban J connectivity index is 1.09. The molecule has 2 aromatic carbocycles. The van der Waals surface area contributed by atoms with Gasteiger partial charge in [0.05, 0.1) is 30.5 Å². The van der Waals surface area contributed by atoms with Crippen LogP contribution in [0.1, 0.15) is 66.1 Å². The van der Waals surface area contributed by atoms with Gasteiger partial charge in [-0.15, -0.1) is 11.3 Å². The summed E-state index contributed by atoms with van der Waals surface area (Å²) in [5.74, 6) is -1.78. The summed E-state index contributed by atoms with van der Waals surface area (Å²) >= 11 is 7.98. The van der Waals surface area contributed by atoms with Gasteiger partial charge in [-0.05, 0) is 95.8 Å². The van der Waals surface area contributed by atoms with Crippen molar-refractivity contribution in [3.8, 4) is 16.9 Å².